The summed E-state index contributed by atoms with van der Waals surface area (Å²) in [6.07, 6.45) is 0.662. The molecule has 0 aliphatic heterocycles. The van der Waals surface area contributed by atoms with Gasteiger partial charge in [-0.2, -0.15) is 0 Å². The number of nitrogens with one attached hydrogen (secondary N) is 1. The molecular weight excluding hydrogens is 248 g/mol. The van der Waals surface area contributed by atoms with Crippen LogP contribution in [0.1, 0.15) is 11.1 Å². The minimum absolute atomic E-state index is 0.0276. The Morgan fingerprint density at radius 2 is 1.75 bits per heavy atom. The first-order chi connectivity index (χ1) is 9.69. The molecule has 1 unspecified atom stereocenters. The largest absolute Gasteiger partial charge is 0.330 e. The monoisotopic (exact) mass is 268 g/mol. The first kappa shape index (κ1) is 14.3. The van der Waals surface area contributed by atoms with E-state index in [1.54, 1.807) is 0 Å². The molecule has 0 saturated carbocycles. The molecule has 0 aliphatic rings. The van der Waals surface area contributed by atoms with Crippen molar-refractivity contribution in [2.75, 3.05) is 11.9 Å². The Morgan fingerprint density at radius 1 is 1.10 bits per heavy atom. The Labute approximate surface area is 119 Å². The fourth-order valence-corrected chi connectivity index (χ4v) is 2.06. The van der Waals surface area contributed by atoms with E-state index in [9.17, 15) is 4.79 Å². The Balaban J connectivity index is 2.00. The Bertz CT molecular complexity index is 549. The fraction of sp³-hybridized carbons (Fsp3) is 0.235. The SMILES string of the molecule is Cc1ccc(NC(=O)C(CN)Cc2ccccc2)cc1. The molecule has 2 aromatic carbocycles. The second-order valence-corrected chi connectivity index (χ2v) is 4.98. The van der Waals surface area contributed by atoms with E-state index in [1.807, 2.05) is 61.5 Å². The zero-order chi connectivity index (χ0) is 14.4. The summed E-state index contributed by atoms with van der Waals surface area (Å²) >= 11 is 0. The van der Waals surface area contributed by atoms with Crippen LogP contribution in [0.4, 0.5) is 5.69 Å². The van der Waals surface area contributed by atoms with Gasteiger partial charge in [0.1, 0.15) is 0 Å². The van der Waals surface area contributed by atoms with E-state index in [0.717, 1.165) is 11.3 Å². The number of aryl methyl sites for hydroxylation is 1. The zero-order valence-electron chi connectivity index (χ0n) is 11.7. The van der Waals surface area contributed by atoms with Gasteiger partial charge in [-0.25, -0.2) is 0 Å². The summed E-state index contributed by atoms with van der Waals surface area (Å²) in [4.78, 5) is 12.2. The quantitative estimate of drug-likeness (QED) is 0.876. The number of amides is 1. The molecule has 104 valence electrons. The number of hydrogen-bond acceptors (Lipinski definition) is 2. The van der Waals surface area contributed by atoms with Gasteiger partial charge in [0.2, 0.25) is 5.91 Å². The molecule has 20 heavy (non-hydrogen) atoms. The van der Waals surface area contributed by atoms with Crippen molar-refractivity contribution < 1.29 is 4.79 Å². The van der Waals surface area contributed by atoms with Crippen LogP contribution in [-0.2, 0) is 11.2 Å². The average Bonchev–Trinajstić information content (AvgIpc) is 2.48. The van der Waals surface area contributed by atoms with Crippen molar-refractivity contribution in [1.82, 2.24) is 0 Å². The Morgan fingerprint density at radius 3 is 2.35 bits per heavy atom. The third kappa shape index (κ3) is 3.93. The molecule has 0 fully saturated rings. The van der Waals surface area contributed by atoms with Gasteiger partial charge in [-0.3, -0.25) is 4.79 Å². The molecule has 0 aromatic heterocycles. The lowest BCUT2D eigenvalue weighted by molar-refractivity contribution is -0.119. The first-order valence-corrected chi connectivity index (χ1v) is 6.80. The third-order valence-electron chi connectivity index (χ3n) is 3.30. The predicted molar refractivity (Wildman–Crippen MR) is 82.5 cm³/mol. The van der Waals surface area contributed by atoms with Crippen molar-refractivity contribution in [3.8, 4) is 0 Å². The maximum atomic E-state index is 12.2. The molecule has 3 heteroatoms. The van der Waals surface area contributed by atoms with Crippen molar-refractivity contribution in [2.24, 2.45) is 11.7 Å². The van der Waals surface area contributed by atoms with E-state index in [1.165, 1.54) is 5.56 Å². The maximum Gasteiger partial charge on any atom is 0.229 e. The zero-order valence-corrected chi connectivity index (χ0v) is 11.7. The predicted octanol–water partition coefficient (Wildman–Crippen LogP) is 2.75. The van der Waals surface area contributed by atoms with E-state index in [2.05, 4.69) is 5.32 Å². The van der Waals surface area contributed by atoms with Crippen molar-refractivity contribution in [2.45, 2.75) is 13.3 Å². The molecule has 2 aromatic rings. The molecule has 0 heterocycles. The number of carbonyl (C=O) groups excluding carboxylic acids is 1. The topological polar surface area (TPSA) is 55.1 Å². The van der Waals surface area contributed by atoms with Crippen LogP contribution in [0.15, 0.2) is 54.6 Å². The number of anilines is 1. The standard InChI is InChI=1S/C17H20N2O/c1-13-7-9-16(10-8-13)19-17(20)15(12-18)11-14-5-3-2-4-6-14/h2-10,15H,11-12,18H2,1H3,(H,19,20). The first-order valence-electron chi connectivity index (χ1n) is 6.80. The number of benzene rings is 2. The summed E-state index contributed by atoms with van der Waals surface area (Å²) < 4.78 is 0. The van der Waals surface area contributed by atoms with Gasteiger partial charge in [0.05, 0.1) is 5.92 Å². The normalized spacial score (nSPS) is 11.9. The summed E-state index contributed by atoms with van der Waals surface area (Å²) in [6, 6.07) is 17.7. The maximum absolute atomic E-state index is 12.2. The van der Waals surface area contributed by atoms with Crippen molar-refractivity contribution >= 4 is 11.6 Å². The molecule has 0 aliphatic carbocycles. The minimum atomic E-state index is -0.210. The fourth-order valence-electron chi connectivity index (χ4n) is 2.06. The van der Waals surface area contributed by atoms with Gasteiger partial charge >= 0.3 is 0 Å². The molecular formula is C17H20N2O. The smallest absolute Gasteiger partial charge is 0.229 e. The van der Waals surface area contributed by atoms with Gasteiger partial charge in [-0.05, 0) is 31.0 Å². The number of carbonyl (C=O) groups is 1. The molecule has 0 radical (unpaired) electrons. The Hall–Kier alpha value is -2.13. The van der Waals surface area contributed by atoms with E-state index >= 15 is 0 Å². The summed E-state index contributed by atoms with van der Waals surface area (Å²) in [5.41, 5.74) is 8.85. The van der Waals surface area contributed by atoms with Crippen molar-refractivity contribution in [3.05, 3.63) is 65.7 Å². The molecule has 0 spiro atoms. The highest BCUT2D eigenvalue weighted by atomic mass is 16.1. The van der Waals surface area contributed by atoms with Gasteiger partial charge in [-0.15, -0.1) is 0 Å². The van der Waals surface area contributed by atoms with Crippen LogP contribution in [0.5, 0.6) is 0 Å². The summed E-state index contributed by atoms with van der Waals surface area (Å²) in [7, 11) is 0. The van der Waals surface area contributed by atoms with Crippen molar-refractivity contribution in [3.63, 3.8) is 0 Å². The highest BCUT2D eigenvalue weighted by molar-refractivity contribution is 5.92. The van der Waals surface area contributed by atoms with Crippen LogP contribution in [0.2, 0.25) is 0 Å². The van der Waals surface area contributed by atoms with E-state index in [0.29, 0.717) is 13.0 Å². The van der Waals surface area contributed by atoms with Crippen LogP contribution in [-0.4, -0.2) is 12.5 Å². The van der Waals surface area contributed by atoms with Gasteiger partial charge < -0.3 is 11.1 Å². The van der Waals surface area contributed by atoms with E-state index in [-0.39, 0.29) is 11.8 Å². The third-order valence-corrected chi connectivity index (χ3v) is 3.30. The van der Waals surface area contributed by atoms with Crippen LogP contribution in [0, 0.1) is 12.8 Å². The summed E-state index contributed by atoms with van der Waals surface area (Å²) in [5.74, 6) is -0.237. The van der Waals surface area contributed by atoms with Crippen LogP contribution in [0.25, 0.3) is 0 Å². The summed E-state index contributed by atoms with van der Waals surface area (Å²) in [5, 5.41) is 2.92. The van der Waals surface area contributed by atoms with Gasteiger partial charge in [-0.1, -0.05) is 48.0 Å². The minimum Gasteiger partial charge on any atom is -0.330 e. The van der Waals surface area contributed by atoms with Crippen LogP contribution < -0.4 is 11.1 Å². The van der Waals surface area contributed by atoms with Gasteiger partial charge in [0.25, 0.3) is 0 Å². The highest BCUT2D eigenvalue weighted by Gasteiger charge is 2.17. The van der Waals surface area contributed by atoms with Crippen molar-refractivity contribution in [1.29, 1.82) is 0 Å². The molecule has 0 saturated heterocycles. The van der Waals surface area contributed by atoms with Gasteiger partial charge in [0.15, 0.2) is 0 Å². The highest BCUT2D eigenvalue weighted by Crippen LogP contribution is 2.13. The molecule has 0 bridgehead atoms. The molecule has 1 amide bonds. The molecule has 2 rings (SSSR count). The lowest BCUT2D eigenvalue weighted by atomic mass is 9.98. The van der Waals surface area contributed by atoms with Gasteiger partial charge in [0, 0.05) is 12.2 Å². The molecule has 3 nitrogen and oxygen atoms in total. The lowest BCUT2D eigenvalue weighted by Crippen LogP contribution is -2.30. The number of nitrogens with two attached hydrogens (primary N) is 1. The van der Waals surface area contributed by atoms with E-state index < -0.39 is 0 Å². The number of hydrogen-bond donors (Lipinski definition) is 2. The second-order valence-electron chi connectivity index (χ2n) is 4.98. The number of rotatable bonds is 5. The average molecular weight is 268 g/mol. The van der Waals surface area contributed by atoms with E-state index in [4.69, 9.17) is 5.73 Å². The summed E-state index contributed by atoms with van der Waals surface area (Å²) in [6.45, 7) is 2.36. The van der Waals surface area contributed by atoms with Crippen LogP contribution >= 0.6 is 0 Å². The second kappa shape index (κ2) is 6.87. The van der Waals surface area contributed by atoms with Crippen LogP contribution in [0.3, 0.4) is 0 Å². The lowest BCUT2D eigenvalue weighted by Gasteiger charge is -2.15. The molecule has 1 atom stereocenters. The Kier molecular flexibility index (Phi) is 4.91. The molecule has 3 N–H and O–H groups in total.